The molecule has 1 fully saturated rings. The van der Waals surface area contributed by atoms with E-state index < -0.39 is 0 Å². The molecule has 0 unspecified atom stereocenters. The van der Waals surface area contributed by atoms with Crippen molar-refractivity contribution in [2.75, 3.05) is 45.8 Å². The van der Waals surface area contributed by atoms with Gasteiger partial charge in [0, 0.05) is 50.8 Å². The topological polar surface area (TPSA) is 47.6 Å². The van der Waals surface area contributed by atoms with E-state index in [1.807, 2.05) is 12.1 Å². The molecule has 2 N–H and O–H groups in total. The van der Waals surface area contributed by atoms with Gasteiger partial charge in [-0.15, -0.1) is 31.4 Å². The van der Waals surface area contributed by atoms with E-state index in [0.29, 0.717) is 13.1 Å². The molecule has 1 aromatic rings. The third-order valence-electron chi connectivity index (χ3n) is 4.13. The first-order chi connectivity index (χ1) is 11.7. The van der Waals surface area contributed by atoms with Crippen molar-refractivity contribution >= 4 is 42.4 Å². The number of carbonyl (C=O) groups excluding carboxylic acids is 1. The molecule has 1 aromatic carbocycles. The van der Waals surface area contributed by atoms with Gasteiger partial charge < -0.3 is 15.5 Å². The van der Waals surface area contributed by atoms with E-state index in [9.17, 15) is 4.79 Å². The van der Waals surface area contributed by atoms with E-state index in [4.69, 9.17) is 11.6 Å². The Bertz CT molecular complexity index is 520. The second kappa shape index (κ2) is 14.1. The van der Waals surface area contributed by atoms with Gasteiger partial charge in [-0.05, 0) is 30.7 Å². The minimum Gasteiger partial charge on any atom is -0.338 e. The number of halogens is 3. The molecule has 0 aliphatic carbocycles. The number of piperazine rings is 1. The van der Waals surface area contributed by atoms with E-state index >= 15 is 0 Å². The van der Waals surface area contributed by atoms with Crippen LogP contribution in [0.3, 0.4) is 0 Å². The molecule has 2 amide bonds. The van der Waals surface area contributed by atoms with Crippen LogP contribution in [-0.2, 0) is 6.54 Å². The van der Waals surface area contributed by atoms with E-state index in [1.54, 1.807) is 6.08 Å². The lowest BCUT2D eigenvalue weighted by Gasteiger charge is -2.34. The zero-order valence-corrected chi connectivity index (χ0v) is 17.3. The van der Waals surface area contributed by atoms with Crippen LogP contribution in [0.15, 0.2) is 36.9 Å². The monoisotopic (exact) mass is 422 g/mol. The summed E-state index contributed by atoms with van der Waals surface area (Å²) in [5.41, 5.74) is 1.31. The molecule has 26 heavy (non-hydrogen) atoms. The maximum absolute atomic E-state index is 11.4. The standard InChI is InChI=1S/C18H27ClN4O.2ClH/c1-2-8-20-18(24)21-9-3-10-22-11-13-23(14-12-22)15-16-4-6-17(19)7-5-16;;/h2,4-7H,1,3,8-15H2,(H2,20,21,24);2*1H. The highest BCUT2D eigenvalue weighted by atomic mass is 35.5. The normalized spacial score (nSPS) is 14.7. The molecular formula is C18H29Cl3N4O. The summed E-state index contributed by atoms with van der Waals surface area (Å²) in [6.07, 6.45) is 2.64. The molecule has 5 nitrogen and oxygen atoms in total. The van der Waals surface area contributed by atoms with Crippen molar-refractivity contribution in [2.45, 2.75) is 13.0 Å². The number of amides is 2. The SMILES string of the molecule is C=CCNC(=O)NCCCN1CCN(Cc2ccc(Cl)cc2)CC1.Cl.Cl. The average molecular weight is 424 g/mol. The number of rotatable bonds is 8. The van der Waals surface area contributed by atoms with E-state index in [-0.39, 0.29) is 30.8 Å². The van der Waals surface area contributed by atoms with E-state index in [2.05, 4.69) is 39.1 Å². The first kappa shape index (κ1) is 25.0. The van der Waals surface area contributed by atoms with Crippen LogP contribution >= 0.6 is 36.4 Å². The van der Waals surface area contributed by atoms with Crippen molar-refractivity contribution in [3.63, 3.8) is 0 Å². The molecule has 0 aromatic heterocycles. The summed E-state index contributed by atoms with van der Waals surface area (Å²) in [5, 5.41) is 6.35. The smallest absolute Gasteiger partial charge is 0.315 e. The predicted molar refractivity (Wildman–Crippen MR) is 114 cm³/mol. The number of nitrogens with one attached hydrogen (secondary N) is 2. The highest BCUT2D eigenvalue weighted by molar-refractivity contribution is 6.30. The van der Waals surface area contributed by atoms with Gasteiger partial charge >= 0.3 is 6.03 Å². The number of benzene rings is 1. The van der Waals surface area contributed by atoms with Crippen LogP contribution in [0, 0.1) is 0 Å². The Morgan fingerprint density at radius 3 is 2.31 bits per heavy atom. The lowest BCUT2D eigenvalue weighted by Crippen LogP contribution is -2.46. The summed E-state index contributed by atoms with van der Waals surface area (Å²) in [7, 11) is 0. The zero-order chi connectivity index (χ0) is 17.2. The Hall–Kier alpha value is -0.980. The fraction of sp³-hybridized carbons (Fsp3) is 0.500. The molecule has 0 atom stereocenters. The van der Waals surface area contributed by atoms with Crippen molar-refractivity contribution in [1.29, 1.82) is 0 Å². The number of hydrogen-bond acceptors (Lipinski definition) is 3. The van der Waals surface area contributed by atoms with E-state index in [0.717, 1.165) is 50.7 Å². The lowest BCUT2D eigenvalue weighted by atomic mass is 10.2. The quantitative estimate of drug-likeness (QED) is 0.499. The largest absolute Gasteiger partial charge is 0.338 e. The van der Waals surface area contributed by atoms with Crippen LogP contribution in [0.25, 0.3) is 0 Å². The molecular weight excluding hydrogens is 395 g/mol. The van der Waals surface area contributed by atoms with Crippen molar-refractivity contribution in [3.05, 3.63) is 47.5 Å². The first-order valence-electron chi connectivity index (χ1n) is 8.49. The molecule has 2 rings (SSSR count). The average Bonchev–Trinajstić information content (AvgIpc) is 2.60. The second-order valence-electron chi connectivity index (χ2n) is 6.02. The van der Waals surface area contributed by atoms with E-state index in [1.165, 1.54) is 5.56 Å². The molecule has 0 saturated carbocycles. The highest BCUT2D eigenvalue weighted by Gasteiger charge is 2.16. The van der Waals surface area contributed by atoms with Crippen LogP contribution < -0.4 is 10.6 Å². The minimum absolute atomic E-state index is 0. The third kappa shape index (κ3) is 9.64. The second-order valence-corrected chi connectivity index (χ2v) is 6.46. The minimum atomic E-state index is -0.123. The molecule has 0 bridgehead atoms. The third-order valence-corrected chi connectivity index (χ3v) is 4.38. The molecule has 1 saturated heterocycles. The van der Waals surface area contributed by atoms with Crippen LogP contribution in [0.2, 0.25) is 5.02 Å². The van der Waals surface area contributed by atoms with Crippen LogP contribution in [0.4, 0.5) is 4.79 Å². The zero-order valence-electron chi connectivity index (χ0n) is 15.0. The summed E-state index contributed by atoms with van der Waals surface area (Å²) in [6.45, 7) is 11.1. The first-order valence-corrected chi connectivity index (χ1v) is 8.87. The molecule has 1 heterocycles. The number of urea groups is 1. The molecule has 1 aliphatic heterocycles. The molecule has 1 aliphatic rings. The summed E-state index contributed by atoms with van der Waals surface area (Å²) in [4.78, 5) is 16.3. The van der Waals surface area contributed by atoms with Gasteiger partial charge in [-0.1, -0.05) is 29.8 Å². The molecule has 0 radical (unpaired) electrons. The van der Waals surface area contributed by atoms with Gasteiger partial charge in [0.1, 0.15) is 0 Å². The number of nitrogens with zero attached hydrogens (tertiary/aromatic N) is 2. The summed E-state index contributed by atoms with van der Waals surface area (Å²) >= 11 is 5.92. The maximum atomic E-state index is 11.4. The van der Waals surface area contributed by atoms with Gasteiger partial charge in [0.25, 0.3) is 0 Å². The van der Waals surface area contributed by atoms with Crippen molar-refractivity contribution in [3.8, 4) is 0 Å². The predicted octanol–water partition coefficient (Wildman–Crippen LogP) is 3.18. The Morgan fingerprint density at radius 1 is 1.08 bits per heavy atom. The van der Waals surface area contributed by atoms with Crippen LogP contribution in [0.1, 0.15) is 12.0 Å². The number of hydrogen-bond donors (Lipinski definition) is 2. The maximum Gasteiger partial charge on any atom is 0.315 e. The fourth-order valence-electron chi connectivity index (χ4n) is 2.75. The van der Waals surface area contributed by atoms with Gasteiger partial charge in [0.05, 0.1) is 0 Å². The fourth-order valence-corrected chi connectivity index (χ4v) is 2.88. The Morgan fingerprint density at radius 2 is 1.69 bits per heavy atom. The van der Waals surface area contributed by atoms with Crippen molar-refractivity contribution in [2.24, 2.45) is 0 Å². The Kier molecular flexibility index (Phi) is 13.6. The highest BCUT2D eigenvalue weighted by Crippen LogP contribution is 2.12. The molecule has 0 spiro atoms. The summed E-state index contributed by atoms with van der Waals surface area (Å²) in [6, 6.07) is 7.97. The summed E-state index contributed by atoms with van der Waals surface area (Å²) < 4.78 is 0. The van der Waals surface area contributed by atoms with Crippen molar-refractivity contribution in [1.82, 2.24) is 20.4 Å². The summed E-state index contributed by atoms with van der Waals surface area (Å²) in [5.74, 6) is 0. The number of carbonyl (C=O) groups is 1. The van der Waals surface area contributed by atoms with Crippen molar-refractivity contribution < 1.29 is 4.79 Å². The van der Waals surface area contributed by atoms with Gasteiger partial charge in [0.15, 0.2) is 0 Å². The lowest BCUT2D eigenvalue weighted by molar-refractivity contribution is 0.126. The van der Waals surface area contributed by atoms with Gasteiger partial charge in [-0.2, -0.15) is 0 Å². The molecule has 8 heteroatoms. The molecule has 148 valence electrons. The Labute approximate surface area is 174 Å². The van der Waals surface area contributed by atoms with Gasteiger partial charge in [-0.25, -0.2) is 4.79 Å². The Balaban J connectivity index is 0.00000312. The van der Waals surface area contributed by atoms with Gasteiger partial charge in [0.2, 0.25) is 0 Å². The van der Waals surface area contributed by atoms with Gasteiger partial charge in [-0.3, -0.25) is 4.90 Å². The van der Waals surface area contributed by atoms with Crippen LogP contribution in [-0.4, -0.2) is 61.6 Å². The van der Waals surface area contributed by atoms with Crippen LogP contribution in [0.5, 0.6) is 0 Å².